The molecule has 1 aromatic rings. The van der Waals surface area contributed by atoms with E-state index in [2.05, 4.69) is 22.1 Å². The van der Waals surface area contributed by atoms with Crippen molar-refractivity contribution in [1.29, 1.82) is 0 Å². The monoisotopic (exact) mass is 335 g/mol. The molecule has 126 valence electrons. The average molecular weight is 335 g/mol. The van der Waals surface area contributed by atoms with E-state index in [4.69, 9.17) is 0 Å². The van der Waals surface area contributed by atoms with Gasteiger partial charge >= 0.3 is 0 Å². The summed E-state index contributed by atoms with van der Waals surface area (Å²) < 4.78 is 0. The summed E-state index contributed by atoms with van der Waals surface area (Å²) in [7, 11) is 0. The van der Waals surface area contributed by atoms with Crippen molar-refractivity contribution in [3.63, 3.8) is 0 Å². The van der Waals surface area contributed by atoms with Crippen molar-refractivity contribution in [2.75, 3.05) is 26.2 Å². The predicted octanol–water partition coefficient (Wildman–Crippen LogP) is 1.40. The minimum Gasteiger partial charge on any atom is -0.355 e. The lowest BCUT2D eigenvalue weighted by Gasteiger charge is -2.33. The Morgan fingerprint density at radius 3 is 2.78 bits per heavy atom. The second-order valence-corrected chi connectivity index (χ2v) is 7.40. The molecule has 0 aliphatic carbocycles. The van der Waals surface area contributed by atoms with Crippen LogP contribution < -0.4 is 10.6 Å². The molecule has 23 heavy (non-hydrogen) atoms. The fourth-order valence-electron chi connectivity index (χ4n) is 3.39. The van der Waals surface area contributed by atoms with Gasteiger partial charge in [-0.1, -0.05) is 6.07 Å². The Hall–Kier alpha value is -1.40. The number of carbonyl (C=O) groups excluding carboxylic acids is 2. The number of amides is 2. The standard InChI is InChI=1S/C17H25N3O2S/c21-16(19-9-5-14-3-2-12-23-14)13-6-10-20(11-7-13)17(22)15-4-1-8-18-15/h2-3,12-13,15,18H,1,4-11H2,(H,19,21). The van der Waals surface area contributed by atoms with Gasteiger partial charge in [-0.25, -0.2) is 0 Å². The Labute approximate surface area is 141 Å². The smallest absolute Gasteiger partial charge is 0.239 e. The average Bonchev–Trinajstić information content (AvgIpc) is 3.28. The molecular formula is C17H25N3O2S. The van der Waals surface area contributed by atoms with Crippen LogP contribution in [0.3, 0.4) is 0 Å². The Balaban J connectivity index is 1.37. The highest BCUT2D eigenvalue weighted by Crippen LogP contribution is 2.19. The predicted molar refractivity (Wildman–Crippen MR) is 91.4 cm³/mol. The minimum atomic E-state index is 0.00572. The Morgan fingerprint density at radius 1 is 1.30 bits per heavy atom. The summed E-state index contributed by atoms with van der Waals surface area (Å²) in [6.45, 7) is 3.06. The van der Waals surface area contributed by atoms with Crippen molar-refractivity contribution in [3.8, 4) is 0 Å². The molecule has 2 amide bonds. The van der Waals surface area contributed by atoms with Gasteiger partial charge in [0.05, 0.1) is 6.04 Å². The van der Waals surface area contributed by atoms with Gasteiger partial charge in [0.2, 0.25) is 11.8 Å². The zero-order chi connectivity index (χ0) is 16.1. The van der Waals surface area contributed by atoms with E-state index in [1.807, 2.05) is 11.0 Å². The first-order chi connectivity index (χ1) is 11.2. The first-order valence-electron chi connectivity index (χ1n) is 8.56. The second kappa shape index (κ2) is 7.93. The van der Waals surface area contributed by atoms with Crippen LogP contribution in [-0.2, 0) is 16.0 Å². The van der Waals surface area contributed by atoms with Crippen LogP contribution in [0.2, 0.25) is 0 Å². The van der Waals surface area contributed by atoms with Gasteiger partial charge in [-0.05, 0) is 50.1 Å². The number of nitrogens with one attached hydrogen (secondary N) is 2. The highest BCUT2D eigenvalue weighted by molar-refractivity contribution is 7.09. The molecular weight excluding hydrogens is 310 g/mol. The number of piperidine rings is 1. The lowest BCUT2D eigenvalue weighted by molar-refractivity contribution is -0.137. The molecule has 5 nitrogen and oxygen atoms in total. The molecule has 0 bridgehead atoms. The third-order valence-electron chi connectivity index (χ3n) is 4.79. The van der Waals surface area contributed by atoms with Crippen LogP contribution in [0.4, 0.5) is 0 Å². The summed E-state index contributed by atoms with van der Waals surface area (Å²) in [5.41, 5.74) is 0. The normalized spacial score (nSPS) is 22.3. The van der Waals surface area contributed by atoms with E-state index in [1.54, 1.807) is 11.3 Å². The maximum Gasteiger partial charge on any atom is 0.239 e. The molecule has 2 fully saturated rings. The van der Waals surface area contributed by atoms with Crippen molar-refractivity contribution in [2.45, 2.75) is 38.1 Å². The number of nitrogens with zero attached hydrogens (tertiary/aromatic N) is 1. The van der Waals surface area contributed by atoms with Crippen LogP contribution in [0.1, 0.15) is 30.6 Å². The van der Waals surface area contributed by atoms with E-state index in [-0.39, 0.29) is 23.8 Å². The van der Waals surface area contributed by atoms with E-state index in [1.165, 1.54) is 4.88 Å². The number of thiophene rings is 1. The highest BCUT2D eigenvalue weighted by atomic mass is 32.1. The molecule has 2 aliphatic rings. The first kappa shape index (κ1) is 16.5. The molecule has 2 aliphatic heterocycles. The Morgan fingerprint density at radius 2 is 2.13 bits per heavy atom. The second-order valence-electron chi connectivity index (χ2n) is 6.37. The molecule has 0 saturated carbocycles. The summed E-state index contributed by atoms with van der Waals surface area (Å²) in [5, 5.41) is 8.36. The molecule has 2 saturated heterocycles. The number of hydrogen-bond acceptors (Lipinski definition) is 4. The van der Waals surface area contributed by atoms with Gasteiger partial charge < -0.3 is 15.5 Å². The molecule has 0 radical (unpaired) electrons. The Bertz CT molecular complexity index is 518. The molecule has 0 aromatic carbocycles. The van der Waals surface area contributed by atoms with Crippen molar-refractivity contribution in [3.05, 3.63) is 22.4 Å². The number of carbonyl (C=O) groups is 2. The minimum absolute atomic E-state index is 0.00572. The molecule has 6 heteroatoms. The van der Waals surface area contributed by atoms with Crippen molar-refractivity contribution >= 4 is 23.2 Å². The third-order valence-corrected chi connectivity index (χ3v) is 5.72. The zero-order valence-electron chi connectivity index (χ0n) is 13.4. The van der Waals surface area contributed by atoms with E-state index in [0.717, 1.165) is 38.6 Å². The largest absolute Gasteiger partial charge is 0.355 e. The summed E-state index contributed by atoms with van der Waals surface area (Å²) >= 11 is 1.72. The number of hydrogen-bond donors (Lipinski definition) is 2. The maximum atomic E-state index is 12.3. The van der Waals surface area contributed by atoms with Crippen LogP contribution in [0.15, 0.2) is 17.5 Å². The fraction of sp³-hybridized carbons (Fsp3) is 0.647. The van der Waals surface area contributed by atoms with Gasteiger partial charge in [0.25, 0.3) is 0 Å². The molecule has 1 atom stereocenters. The Kier molecular flexibility index (Phi) is 5.67. The van der Waals surface area contributed by atoms with Crippen molar-refractivity contribution < 1.29 is 9.59 Å². The third kappa shape index (κ3) is 4.32. The number of likely N-dealkylation sites (tertiary alicyclic amines) is 1. The zero-order valence-corrected chi connectivity index (χ0v) is 14.2. The highest BCUT2D eigenvalue weighted by Gasteiger charge is 2.31. The van der Waals surface area contributed by atoms with E-state index in [0.29, 0.717) is 19.6 Å². The van der Waals surface area contributed by atoms with Crippen LogP contribution in [0.5, 0.6) is 0 Å². The van der Waals surface area contributed by atoms with Gasteiger partial charge in [-0.3, -0.25) is 9.59 Å². The van der Waals surface area contributed by atoms with E-state index < -0.39 is 0 Å². The summed E-state index contributed by atoms with van der Waals surface area (Å²) in [6.07, 6.45) is 4.49. The summed E-state index contributed by atoms with van der Waals surface area (Å²) in [6, 6.07) is 4.14. The van der Waals surface area contributed by atoms with Gasteiger partial charge in [-0.15, -0.1) is 11.3 Å². The van der Waals surface area contributed by atoms with Crippen molar-refractivity contribution in [2.24, 2.45) is 5.92 Å². The number of rotatable bonds is 5. The molecule has 3 rings (SSSR count). The van der Waals surface area contributed by atoms with E-state index >= 15 is 0 Å². The molecule has 3 heterocycles. The fourth-order valence-corrected chi connectivity index (χ4v) is 4.09. The van der Waals surface area contributed by atoms with Crippen LogP contribution in [0.25, 0.3) is 0 Å². The quantitative estimate of drug-likeness (QED) is 0.855. The van der Waals surface area contributed by atoms with Gasteiger partial charge in [0, 0.05) is 30.4 Å². The van der Waals surface area contributed by atoms with Crippen LogP contribution in [-0.4, -0.2) is 48.9 Å². The van der Waals surface area contributed by atoms with Crippen LogP contribution >= 0.6 is 11.3 Å². The maximum absolute atomic E-state index is 12.3. The summed E-state index contributed by atoms with van der Waals surface area (Å²) in [5.74, 6) is 0.422. The molecule has 1 unspecified atom stereocenters. The molecule has 1 aromatic heterocycles. The van der Waals surface area contributed by atoms with Gasteiger partial charge in [0.15, 0.2) is 0 Å². The van der Waals surface area contributed by atoms with Crippen LogP contribution in [0, 0.1) is 5.92 Å². The van der Waals surface area contributed by atoms with Crippen molar-refractivity contribution in [1.82, 2.24) is 15.5 Å². The topological polar surface area (TPSA) is 61.4 Å². The summed E-state index contributed by atoms with van der Waals surface area (Å²) in [4.78, 5) is 27.8. The first-order valence-corrected chi connectivity index (χ1v) is 9.44. The lowest BCUT2D eigenvalue weighted by atomic mass is 9.95. The molecule has 2 N–H and O–H groups in total. The van der Waals surface area contributed by atoms with Gasteiger partial charge in [0.1, 0.15) is 0 Å². The van der Waals surface area contributed by atoms with E-state index in [9.17, 15) is 9.59 Å². The SMILES string of the molecule is O=C(NCCc1cccs1)C1CCN(C(=O)C2CCCN2)CC1. The molecule has 0 spiro atoms. The van der Waals surface area contributed by atoms with Gasteiger partial charge in [-0.2, -0.15) is 0 Å². The lowest BCUT2D eigenvalue weighted by Crippen LogP contribution is -2.48.